The molecule has 242 valence electrons. The van der Waals surface area contributed by atoms with Gasteiger partial charge in [-0.2, -0.15) is 4.98 Å². The summed E-state index contributed by atoms with van der Waals surface area (Å²) in [5, 5.41) is 0.507. The summed E-state index contributed by atoms with van der Waals surface area (Å²) in [6.45, 7) is 7.26. The van der Waals surface area contributed by atoms with Crippen LogP contribution in [0.15, 0.2) is 82.7 Å². The van der Waals surface area contributed by atoms with Gasteiger partial charge in [-0.1, -0.05) is 62.0 Å². The molecule has 1 aromatic heterocycles. The Bertz CT molecular complexity index is 1660. The van der Waals surface area contributed by atoms with Gasteiger partial charge in [0.05, 0.1) is 0 Å². The molecule has 0 spiro atoms. The number of carbonyl (C=O) groups is 1. The third-order valence-corrected chi connectivity index (χ3v) is 9.37. The minimum atomic E-state index is -0.518. The number of fused-ring (bicyclic) bond motifs is 1. The van der Waals surface area contributed by atoms with Crippen molar-refractivity contribution in [3.63, 3.8) is 0 Å². The summed E-state index contributed by atoms with van der Waals surface area (Å²) in [5.41, 5.74) is 3.82. The second-order valence-electron chi connectivity index (χ2n) is 11.3. The summed E-state index contributed by atoms with van der Waals surface area (Å²) in [5.74, 6) is 1.42. The fraction of sp³-hybridized carbons (Fsp3) is 0.361. The molecule has 0 radical (unpaired) electrons. The summed E-state index contributed by atoms with van der Waals surface area (Å²) in [4.78, 5) is 35.6. The van der Waals surface area contributed by atoms with Crippen molar-refractivity contribution in [3.05, 3.63) is 117 Å². The van der Waals surface area contributed by atoms with Crippen molar-refractivity contribution >= 4 is 17.7 Å². The maximum absolute atomic E-state index is 14.1. The van der Waals surface area contributed by atoms with Crippen LogP contribution >= 0.6 is 11.8 Å². The average Bonchev–Trinajstić information content (AvgIpc) is 3.58. The van der Waals surface area contributed by atoms with Gasteiger partial charge in [0.15, 0.2) is 5.16 Å². The second-order valence-corrected chi connectivity index (χ2v) is 12.3. The fourth-order valence-corrected chi connectivity index (χ4v) is 6.55. The van der Waals surface area contributed by atoms with Gasteiger partial charge in [0.25, 0.3) is 5.56 Å². The van der Waals surface area contributed by atoms with Gasteiger partial charge in [0.1, 0.15) is 30.5 Å². The number of amides is 1. The van der Waals surface area contributed by atoms with Crippen molar-refractivity contribution in [2.24, 2.45) is 0 Å². The Morgan fingerprint density at radius 2 is 1.52 bits per heavy atom. The molecule has 7 nitrogen and oxygen atoms in total. The van der Waals surface area contributed by atoms with E-state index in [-0.39, 0.29) is 23.8 Å². The lowest BCUT2D eigenvalue weighted by Crippen LogP contribution is -2.40. The predicted octanol–water partition coefficient (Wildman–Crippen LogP) is 6.80. The number of rotatable bonds is 15. The van der Waals surface area contributed by atoms with E-state index in [0.29, 0.717) is 53.0 Å². The van der Waals surface area contributed by atoms with E-state index in [1.54, 1.807) is 36.4 Å². The minimum Gasteiger partial charge on any atom is -0.457 e. The number of likely N-dealkylation sites (N-methyl/N-ethyl adjacent to an activating group) is 1. The monoisotopic (exact) mass is 646 g/mol. The molecule has 0 atom stereocenters. The first-order chi connectivity index (χ1) is 22.4. The Balaban J connectivity index is 1.35. The highest BCUT2D eigenvalue weighted by molar-refractivity contribution is 7.98. The van der Waals surface area contributed by atoms with E-state index in [4.69, 9.17) is 4.74 Å². The smallest absolute Gasteiger partial charge is 0.277 e. The zero-order chi connectivity index (χ0) is 32.5. The van der Waals surface area contributed by atoms with Crippen LogP contribution in [0.2, 0.25) is 0 Å². The molecule has 0 aliphatic heterocycles. The zero-order valence-electron chi connectivity index (χ0n) is 26.4. The number of alkyl halides is 1. The first-order valence-corrected chi connectivity index (χ1v) is 16.8. The number of carbonyl (C=O) groups excluding carboxylic acids is 1. The third kappa shape index (κ3) is 8.61. The standard InChI is InChI=1S/C36H40F2N4O3S/c1-3-40(4-2)20-21-41(23-27-12-18-31(19-13-27)45-30-16-10-26(22-37)11-17-30)34(43)24-42-33-7-5-6-32(33)35(44)39-36(42)46-25-28-8-14-29(38)15-9-28/h8-19H,3-7,20-25H2,1-2H3. The second kappa shape index (κ2) is 16.0. The number of ether oxygens (including phenoxy) is 1. The summed E-state index contributed by atoms with van der Waals surface area (Å²) < 4.78 is 34.2. The topological polar surface area (TPSA) is 67.7 Å². The van der Waals surface area contributed by atoms with Crippen LogP contribution in [-0.4, -0.2) is 51.4 Å². The summed E-state index contributed by atoms with van der Waals surface area (Å²) in [6.07, 6.45) is 2.24. The van der Waals surface area contributed by atoms with Crippen molar-refractivity contribution in [1.29, 1.82) is 0 Å². The molecule has 5 rings (SSSR count). The van der Waals surface area contributed by atoms with Gasteiger partial charge in [-0.15, -0.1) is 0 Å². The van der Waals surface area contributed by atoms with Crippen LogP contribution in [0.1, 0.15) is 48.2 Å². The number of nitrogens with zero attached hydrogens (tertiary/aromatic N) is 4. The Morgan fingerprint density at radius 1 is 0.891 bits per heavy atom. The van der Waals surface area contributed by atoms with Crippen molar-refractivity contribution in [3.8, 4) is 11.5 Å². The molecule has 0 saturated heterocycles. The summed E-state index contributed by atoms with van der Waals surface area (Å²) in [6, 6.07) is 20.8. The number of hydrogen-bond donors (Lipinski definition) is 0. The van der Waals surface area contributed by atoms with E-state index in [0.717, 1.165) is 49.3 Å². The van der Waals surface area contributed by atoms with Crippen LogP contribution in [0.4, 0.5) is 8.78 Å². The highest BCUT2D eigenvalue weighted by Gasteiger charge is 2.25. The van der Waals surface area contributed by atoms with Crippen LogP contribution < -0.4 is 10.3 Å². The maximum atomic E-state index is 14.1. The molecule has 0 fully saturated rings. The van der Waals surface area contributed by atoms with Gasteiger partial charge >= 0.3 is 0 Å². The summed E-state index contributed by atoms with van der Waals surface area (Å²) >= 11 is 1.39. The van der Waals surface area contributed by atoms with Crippen molar-refractivity contribution < 1.29 is 18.3 Å². The molecule has 0 N–H and O–H groups in total. The molecule has 1 aliphatic carbocycles. The number of hydrogen-bond acceptors (Lipinski definition) is 6. The third-order valence-electron chi connectivity index (χ3n) is 8.32. The van der Waals surface area contributed by atoms with Crippen LogP contribution in [0.3, 0.4) is 0 Å². The van der Waals surface area contributed by atoms with Gasteiger partial charge in [-0.25, -0.2) is 8.78 Å². The molecule has 0 bridgehead atoms. The molecule has 0 saturated carbocycles. The molecule has 1 heterocycles. The quantitative estimate of drug-likeness (QED) is 0.105. The van der Waals surface area contributed by atoms with Gasteiger partial charge < -0.3 is 19.1 Å². The van der Waals surface area contributed by atoms with Crippen LogP contribution in [0, 0.1) is 5.82 Å². The highest BCUT2D eigenvalue weighted by atomic mass is 32.2. The largest absolute Gasteiger partial charge is 0.457 e. The molecular formula is C36H40F2N4O3S. The Labute approximate surface area is 273 Å². The first-order valence-electron chi connectivity index (χ1n) is 15.8. The lowest BCUT2D eigenvalue weighted by Gasteiger charge is -2.28. The SMILES string of the molecule is CCN(CC)CCN(Cc1ccc(Oc2ccc(CF)cc2)cc1)C(=O)Cn1c(SCc2ccc(F)cc2)nc(=O)c2c1CCC2. The normalized spacial score (nSPS) is 12.4. The zero-order valence-corrected chi connectivity index (χ0v) is 27.2. The molecule has 10 heteroatoms. The van der Waals surface area contributed by atoms with E-state index in [1.165, 1.54) is 23.9 Å². The number of thioether (sulfide) groups is 1. The van der Waals surface area contributed by atoms with Crippen molar-refractivity contribution in [2.75, 3.05) is 26.2 Å². The van der Waals surface area contributed by atoms with E-state index in [1.807, 2.05) is 33.7 Å². The lowest BCUT2D eigenvalue weighted by atomic mass is 10.2. The van der Waals surface area contributed by atoms with Gasteiger partial charge in [-0.05, 0) is 85.4 Å². The van der Waals surface area contributed by atoms with E-state index in [9.17, 15) is 18.4 Å². The van der Waals surface area contributed by atoms with Gasteiger partial charge in [0, 0.05) is 36.6 Å². The molecular weight excluding hydrogens is 606 g/mol. The van der Waals surface area contributed by atoms with E-state index < -0.39 is 6.67 Å². The molecule has 3 aromatic carbocycles. The van der Waals surface area contributed by atoms with Crippen molar-refractivity contribution in [1.82, 2.24) is 19.4 Å². The van der Waals surface area contributed by atoms with Crippen LogP contribution in [-0.2, 0) is 43.2 Å². The number of halogens is 2. The van der Waals surface area contributed by atoms with Gasteiger partial charge in [0.2, 0.25) is 5.91 Å². The minimum absolute atomic E-state index is 0.0522. The Kier molecular flexibility index (Phi) is 11.6. The Hall–Kier alpha value is -4.02. The number of benzene rings is 3. The molecule has 1 aliphatic rings. The molecule has 0 unspecified atom stereocenters. The molecule has 4 aromatic rings. The van der Waals surface area contributed by atoms with Crippen molar-refractivity contribution in [2.45, 2.75) is 63.8 Å². The average molecular weight is 647 g/mol. The first kappa shape index (κ1) is 33.3. The van der Waals surface area contributed by atoms with E-state index in [2.05, 4.69) is 23.7 Å². The highest BCUT2D eigenvalue weighted by Crippen LogP contribution is 2.27. The van der Waals surface area contributed by atoms with E-state index >= 15 is 0 Å². The lowest BCUT2D eigenvalue weighted by molar-refractivity contribution is -0.132. The number of aromatic nitrogens is 2. The predicted molar refractivity (Wildman–Crippen MR) is 177 cm³/mol. The van der Waals surface area contributed by atoms with Gasteiger partial charge in [-0.3, -0.25) is 9.59 Å². The van der Waals surface area contributed by atoms with Crippen LogP contribution in [0.5, 0.6) is 11.5 Å². The summed E-state index contributed by atoms with van der Waals surface area (Å²) in [7, 11) is 0. The fourth-order valence-electron chi connectivity index (χ4n) is 5.58. The Morgan fingerprint density at radius 3 is 2.15 bits per heavy atom. The maximum Gasteiger partial charge on any atom is 0.277 e. The molecule has 46 heavy (non-hydrogen) atoms. The molecule has 1 amide bonds. The van der Waals surface area contributed by atoms with Crippen LogP contribution in [0.25, 0.3) is 0 Å².